The third-order valence-corrected chi connectivity index (χ3v) is 5.19. The maximum atomic E-state index is 10.3. The largest absolute Gasteiger partial charge is 1.00 e. The van der Waals surface area contributed by atoms with Crippen LogP contribution in [0.1, 0.15) is 122 Å². The maximum Gasteiger partial charge on any atom is 1.00 e. The molecule has 0 aromatic rings. The standard InChI is InChI=1S/C20H42O4S.Na.H2O4S/c1-2-3-4-5-6-7-8-9-10-11-12-13-14-15-16-17-18-19-20-24-25(21,22)23;;1-5(2,3)4/h2-20H2,1H3,(H,21,22,23);;(H2,1,2,3,4)/q;+1;/p-1. The van der Waals surface area contributed by atoms with Gasteiger partial charge < -0.3 is 4.55 Å². The smallest absolute Gasteiger partial charge is 0.726 e. The van der Waals surface area contributed by atoms with Crippen LogP contribution in [0.15, 0.2) is 0 Å². The summed E-state index contributed by atoms with van der Waals surface area (Å²) in [5, 5.41) is 0. The third-order valence-electron chi connectivity index (χ3n) is 4.73. The average Bonchev–Trinajstić information content (AvgIpc) is 2.61. The van der Waals surface area contributed by atoms with Gasteiger partial charge >= 0.3 is 40.0 Å². The molecule has 2 N–H and O–H groups in total. The monoisotopic (exact) mass is 498 g/mol. The van der Waals surface area contributed by atoms with Gasteiger partial charge in [-0.2, -0.15) is 8.42 Å². The van der Waals surface area contributed by atoms with E-state index in [1.807, 2.05) is 0 Å². The van der Waals surface area contributed by atoms with Crippen LogP contribution in [0.25, 0.3) is 0 Å². The van der Waals surface area contributed by atoms with E-state index in [9.17, 15) is 8.42 Å². The number of unbranched alkanes of at least 4 members (excludes halogenated alkanes) is 17. The SMILES string of the molecule is CCCCCCCCCCCCCCCCCCCCOS(=O)(=O)O.O=S(=O)([O-])O.[Na+]. The second-order valence-electron chi connectivity index (χ2n) is 7.69. The summed E-state index contributed by atoms with van der Waals surface area (Å²) in [5.41, 5.74) is 0. The van der Waals surface area contributed by atoms with Crippen LogP contribution >= 0.6 is 0 Å². The molecule has 0 amide bonds. The van der Waals surface area contributed by atoms with Crippen molar-refractivity contribution >= 4 is 20.8 Å². The van der Waals surface area contributed by atoms with Crippen molar-refractivity contribution in [3.8, 4) is 0 Å². The molecule has 0 spiro atoms. The minimum atomic E-state index is -4.92. The molecule has 0 saturated carbocycles. The van der Waals surface area contributed by atoms with Gasteiger partial charge in [0.15, 0.2) is 0 Å². The number of rotatable bonds is 20. The second kappa shape index (κ2) is 25.4. The van der Waals surface area contributed by atoms with Crippen molar-refractivity contribution in [3.05, 3.63) is 0 Å². The summed E-state index contributed by atoms with van der Waals surface area (Å²) in [6.45, 7) is 2.37. The van der Waals surface area contributed by atoms with Crippen molar-refractivity contribution in [2.24, 2.45) is 0 Å². The Bertz CT molecular complexity index is 546. The molecule has 0 heterocycles. The fraction of sp³-hybridized carbons (Fsp3) is 1.00. The molecule has 8 nitrogen and oxygen atoms in total. The van der Waals surface area contributed by atoms with Gasteiger partial charge in [0.1, 0.15) is 0 Å². The number of hydrogen-bond acceptors (Lipinski definition) is 6. The van der Waals surface area contributed by atoms with E-state index in [0.717, 1.165) is 12.8 Å². The van der Waals surface area contributed by atoms with E-state index >= 15 is 0 Å². The summed E-state index contributed by atoms with van der Waals surface area (Å²) in [5.74, 6) is 0. The first-order valence-electron chi connectivity index (χ1n) is 11.4. The minimum absolute atomic E-state index is 0. The molecule has 0 fully saturated rings. The Morgan fingerprint density at radius 1 is 0.581 bits per heavy atom. The third kappa shape index (κ3) is 49.1. The summed E-state index contributed by atoms with van der Waals surface area (Å²) in [4.78, 5) is 0. The first-order chi connectivity index (χ1) is 14.1. The maximum absolute atomic E-state index is 10.3. The summed E-state index contributed by atoms with van der Waals surface area (Å²) >= 11 is 0. The van der Waals surface area contributed by atoms with Gasteiger partial charge in [-0.15, -0.1) is 0 Å². The topological polar surface area (TPSA) is 141 Å². The van der Waals surface area contributed by atoms with Gasteiger partial charge in [0.2, 0.25) is 10.4 Å². The molecule has 0 radical (unpaired) electrons. The van der Waals surface area contributed by atoms with Crippen molar-refractivity contribution in [1.29, 1.82) is 0 Å². The van der Waals surface area contributed by atoms with E-state index in [2.05, 4.69) is 11.1 Å². The molecule has 0 aliphatic rings. The van der Waals surface area contributed by atoms with Crippen LogP contribution < -0.4 is 29.6 Å². The fourth-order valence-corrected chi connectivity index (χ4v) is 3.50. The minimum Gasteiger partial charge on any atom is -0.726 e. The van der Waals surface area contributed by atoms with Crippen LogP contribution in [0.4, 0.5) is 0 Å². The van der Waals surface area contributed by atoms with E-state index in [1.54, 1.807) is 0 Å². The van der Waals surface area contributed by atoms with Gasteiger partial charge in [0.25, 0.3) is 0 Å². The normalized spacial score (nSPS) is 11.5. The van der Waals surface area contributed by atoms with Crippen molar-refractivity contribution in [3.63, 3.8) is 0 Å². The molecular formula is C20H43NaO8S2. The molecule has 0 unspecified atom stereocenters. The van der Waals surface area contributed by atoms with E-state index in [4.69, 9.17) is 22.1 Å². The quantitative estimate of drug-likeness (QED) is 0.113. The van der Waals surface area contributed by atoms with Crippen LogP contribution in [-0.2, 0) is 25.0 Å². The van der Waals surface area contributed by atoms with Gasteiger partial charge in [-0.25, -0.2) is 12.6 Å². The zero-order chi connectivity index (χ0) is 23.1. The van der Waals surface area contributed by atoms with Crippen LogP contribution in [-0.4, -0.2) is 37.1 Å². The molecule has 0 rings (SSSR count). The summed E-state index contributed by atoms with van der Waals surface area (Å²) in [7, 11) is -9.16. The van der Waals surface area contributed by atoms with Crippen molar-refractivity contribution < 1.29 is 64.2 Å². The first kappa shape index (κ1) is 36.3. The Morgan fingerprint density at radius 2 is 0.806 bits per heavy atom. The van der Waals surface area contributed by atoms with E-state index in [0.29, 0.717) is 6.42 Å². The second-order valence-corrected chi connectivity index (χ2v) is 9.63. The summed E-state index contributed by atoms with van der Waals surface area (Å²) in [6, 6.07) is 0. The molecule has 11 heteroatoms. The molecule has 0 aliphatic carbocycles. The zero-order valence-electron chi connectivity index (χ0n) is 19.6. The van der Waals surface area contributed by atoms with Gasteiger partial charge in [-0.3, -0.25) is 9.11 Å². The summed E-state index contributed by atoms with van der Waals surface area (Å²) in [6.07, 6.45) is 23.4. The van der Waals surface area contributed by atoms with Crippen molar-refractivity contribution in [2.75, 3.05) is 6.61 Å². The first-order valence-corrected chi connectivity index (χ1v) is 14.1. The van der Waals surface area contributed by atoms with Gasteiger partial charge in [0, 0.05) is 0 Å². The zero-order valence-corrected chi connectivity index (χ0v) is 23.2. The number of hydrogen-bond donors (Lipinski definition) is 2. The fourth-order valence-electron chi connectivity index (χ4n) is 3.17. The Balaban J connectivity index is -0.00000116. The molecular weight excluding hydrogens is 455 g/mol. The van der Waals surface area contributed by atoms with Crippen LogP contribution in [0.2, 0.25) is 0 Å². The Labute approximate surface area is 213 Å². The van der Waals surface area contributed by atoms with Gasteiger partial charge in [-0.05, 0) is 6.42 Å². The van der Waals surface area contributed by atoms with Crippen LogP contribution in [0.5, 0.6) is 0 Å². The molecule has 0 bridgehead atoms. The van der Waals surface area contributed by atoms with Gasteiger partial charge in [0.05, 0.1) is 6.61 Å². The molecule has 31 heavy (non-hydrogen) atoms. The van der Waals surface area contributed by atoms with E-state index in [1.165, 1.54) is 96.3 Å². The van der Waals surface area contributed by atoms with Crippen LogP contribution in [0, 0.1) is 0 Å². The molecule has 184 valence electrons. The molecule has 0 aromatic carbocycles. The predicted octanol–water partition coefficient (Wildman–Crippen LogP) is 2.86. The van der Waals surface area contributed by atoms with Crippen LogP contribution in [0.3, 0.4) is 0 Å². The Kier molecular flexibility index (Phi) is 29.7. The van der Waals surface area contributed by atoms with E-state index < -0.39 is 20.8 Å². The molecule has 0 saturated heterocycles. The van der Waals surface area contributed by atoms with Crippen molar-refractivity contribution in [1.82, 2.24) is 0 Å². The Hall–Kier alpha value is 0.740. The molecule has 0 aromatic heterocycles. The van der Waals surface area contributed by atoms with Crippen molar-refractivity contribution in [2.45, 2.75) is 122 Å². The average molecular weight is 499 g/mol. The predicted molar refractivity (Wildman–Crippen MR) is 119 cm³/mol. The molecule has 0 aliphatic heterocycles. The van der Waals surface area contributed by atoms with E-state index in [-0.39, 0.29) is 36.2 Å². The van der Waals surface area contributed by atoms with Gasteiger partial charge in [-0.1, -0.05) is 116 Å². The summed E-state index contributed by atoms with van der Waals surface area (Å²) < 4.78 is 66.2. The molecule has 0 atom stereocenters. The Morgan fingerprint density at radius 3 is 1.03 bits per heavy atom.